The van der Waals surface area contributed by atoms with E-state index < -0.39 is 5.97 Å². The second-order valence-corrected chi connectivity index (χ2v) is 5.74. The molecule has 7 heteroatoms. The number of aromatic carboxylic acids is 1. The van der Waals surface area contributed by atoms with Crippen LogP contribution in [-0.4, -0.2) is 43.9 Å². The second-order valence-electron chi connectivity index (χ2n) is 5.74. The van der Waals surface area contributed by atoms with E-state index in [1.807, 2.05) is 22.7 Å². The Balaban J connectivity index is 1.63. The Hall–Kier alpha value is -2.44. The molecule has 0 atom stereocenters. The molecule has 2 aromatic heterocycles. The zero-order chi connectivity index (χ0) is 15.5. The summed E-state index contributed by atoms with van der Waals surface area (Å²) in [6.45, 7) is 4.57. The molecule has 0 bridgehead atoms. The van der Waals surface area contributed by atoms with Crippen molar-refractivity contribution in [3.8, 4) is 0 Å². The van der Waals surface area contributed by atoms with Crippen molar-refractivity contribution in [3.63, 3.8) is 0 Å². The van der Waals surface area contributed by atoms with E-state index in [0.717, 1.165) is 32.5 Å². The van der Waals surface area contributed by atoms with Crippen molar-refractivity contribution in [2.45, 2.75) is 26.3 Å². The quantitative estimate of drug-likeness (QED) is 0.923. The number of carboxylic acid groups (broad SMARTS) is 1. The van der Waals surface area contributed by atoms with Crippen LogP contribution in [0.2, 0.25) is 0 Å². The van der Waals surface area contributed by atoms with Crippen molar-refractivity contribution < 1.29 is 9.90 Å². The molecule has 2 aromatic rings. The van der Waals surface area contributed by atoms with Crippen LogP contribution < -0.4 is 4.90 Å². The summed E-state index contributed by atoms with van der Waals surface area (Å²) >= 11 is 0. The summed E-state index contributed by atoms with van der Waals surface area (Å²) in [5.74, 6) is 0.103. The van der Waals surface area contributed by atoms with Crippen molar-refractivity contribution in [2.24, 2.45) is 5.92 Å². The molecule has 0 spiro atoms. The molecule has 116 valence electrons. The fourth-order valence-electron chi connectivity index (χ4n) is 2.88. The molecule has 7 nitrogen and oxygen atoms in total. The Kier molecular flexibility index (Phi) is 4.04. The van der Waals surface area contributed by atoms with Gasteiger partial charge in [0.05, 0.1) is 6.20 Å². The number of hydrogen-bond donors (Lipinski definition) is 1. The normalized spacial score (nSPS) is 16.0. The molecule has 1 fully saturated rings. The van der Waals surface area contributed by atoms with Gasteiger partial charge in [-0.25, -0.2) is 14.8 Å². The number of anilines is 1. The van der Waals surface area contributed by atoms with Gasteiger partial charge in [-0.3, -0.25) is 4.68 Å². The van der Waals surface area contributed by atoms with Gasteiger partial charge in [0, 0.05) is 32.0 Å². The maximum absolute atomic E-state index is 11.3. The highest BCUT2D eigenvalue weighted by Gasteiger charge is 2.24. The van der Waals surface area contributed by atoms with Gasteiger partial charge >= 0.3 is 5.97 Å². The van der Waals surface area contributed by atoms with Gasteiger partial charge in [-0.15, -0.1) is 0 Å². The largest absolute Gasteiger partial charge is 0.477 e. The molecule has 22 heavy (non-hydrogen) atoms. The maximum atomic E-state index is 11.3. The highest BCUT2D eigenvalue weighted by molar-refractivity contribution is 5.92. The van der Waals surface area contributed by atoms with Crippen LogP contribution in [0.4, 0.5) is 5.82 Å². The summed E-state index contributed by atoms with van der Waals surface area (Å²) in [6.07, 6.45) is 8.70. The molecule has 1 N–H and O–H groups in total. The molecule has 0 aliphatic carbocycles. The van der Waals surface area contributed by atoms with Gasteiger partial charge in [0.25, 0.3) is 0 Å². The van der Waals surface area contributed by atoms with E-state index in [1.165, 1.54) is 18.1 Å². The molecular formula is C15H19N5O2. The summed E-state index contributed by atoms with van der Waals surface area (Å²) in [4.78, 5) is 21.2. The summed E-state index contributed by atoms with van der Waals surface area (Å²) in [5, 5.41) is 13.6. The third kappa shape index (κ3) is 3.08. The average molecular weight is 301 g/mol. The number of piperidine rings is 1. The Morgan fingerprint density at radius 3 is 2.77 bits per heavy atom. The van der Waals surface area contributed by atoms with Crippen molar-refractivity contribution >= 4 is 11.8 Å². The lowest BCUT2D eigenvalue weighted by Crippen LogP contribution is -2.36. The molecule has 0 unspecified atom stereocenters. The van der Waals surface area contributed by atoms with Crippen molar-refractivity contribution in [3.05, 3.63) is 36.0 Å². The number of aryl methyl sites for hydroxylation is 1. The third-order valence-corrected chi connectivity index (χ3v) is 4.04. The average Bonchev–Trinajstić information content (AvgIpc) is 2.93. The number of nitrogens with zero attached hydrogens (tertiary/aromatic N) is 5. The SMILES string of the molecule is Cc1cnn(CC2CCN(c3ncncc3C(=O)O)CC2)c1. The molecule has 1 saturated heterocycles. The van der Waals surface area contributed by atoms with Gasteiger partial charge in [0.15, 0.2) is 0 Å². The van der Waals surface area contributed by atoms with Crippen LogP contribution in [0.15, 0.2) is 24.9 Å². The Morgan fingerprint density at radius 2 is 2.14 bits per heavy atom. The van der Waals surface area contributed by atoms with Crippen LogP contribution in [0.5, 0.6) is 0 Å². The fourth-order valence-corrected chi connectivity index (χ4v) is 2.88. The molecule has 0 amide bonds. The van der Waals surface area contributed by atoms with E-state index in [-0.39, 0.29) is 5.56 Å². The zero-order valence-electron chi connectivity index (χ0n) is 12.5. The molecule has 0 radical (unpaired) electrons. The number of rotatable bonds is 4. The number of hydrogen-bond acceptors (Lipinski definition) is 5. The lowest BCUT2D eigenvalue weighted by molar-refractivity contribution is 0.0696. The third-order valence-electron chi connectivity index (χ3n) is 4.04. The van der Waals surface area contributed by atoms with E-state index in [2.05, 4.69) is 21.3 Å². The predicted octanol–water partition coefficient (Wildman–Crippen LogP) is 1.60. The van der Waals surface area contributed by atoms with Gasteiger partial charge in [-0.05, 0) is 31.2 Å². The summed E-state index contributed by atoms with van der Waals surface area (Å²) in [5.41, 5.74) is 1.34. The van der Waals surface area contributed by atoms with E-state index >= 15 is 0 Å². The van der Waals surface area contributed by atoms with E-state index in [0.29, 0.717) is 11.7 Å². The molecule has 1 aliphatic heterocycles. The predicted molar refractivity (Wildman–Crippen MR) is 80.9 cm³/mol. The summed E-state index contributed by atoms with van der Waals surface area (Å²) < 4.78 is 1.99. The van der Waals surface area contributed by atoms with Crippen LogP contribution in [0, 0.1) is 12.8 Å². The smallest absolute Gasteiger partial charge is 0.341 e. The van der Waals surface area contributed by atoms with Crippen molar-refractivity contribution in [2.75, 3.05) is 18.0 Å². The molecular weight excluding hydrogens is 282 g/mol. The minimum absolute atomic E-state index is 0.170. The maximum Gasteiger partial charge on any atom is 0.341 e. The first kappa shape index (κ1) is 14.5. The van der Waals surface area contributed by atoms with Gasteiger partial charge in [-0.1, -0.05) is 0 Å². The lowest BCUT2D eigenvalue weighted by atomic mass is 9.96. The number of carbonyl (C=O) groups is 1. The Labute approximate surface area is 128 Å². The Bertz CT molecular complexity index is 661. The second kappa shape index (κ2) is 6.13. The number of carboxylic acids is 1. The summed E-state index contributed by atoms with van der Waals surface area (Å²) in [6, 6.07) is 0. The lowest BCUT2D eigenvalue weighted by Gasteiger charge is -2.33. The van der Waals surface area contributed by atoms with E-state index in [1.54, 1.807) is 0 Å². The van der Waals surface area contributed by atoms with Crippen LogP contribution in [0.25, 0.3) is 0 Å². The standard InChI is InChI=1S/C15H19N5O2/c1-11-6-18-20(8-11)9-12-2-4-19(5-3-12)14-13(15(21)22)7-16-10-17-14/h6-8,10,12H,2-5,9H2,1H3,(H,21,22). The fraction of sp³-hybridized carbons (Fsp3) is 0.467. The van der Waals surface area contributed by atoms with Crippen molar-refractivity contribution in [1.29, 1.82) is 0 Å². The highest BCUT2D eigenvalue weighted by Crippen LogP contribution is 2.25. The highest BCUT2D eigenvalue weighted by atomic mass is 16.4. The van der Waals surface area contributed by atoms with Gasteiger partial charge in [-0.2, -0.15) is 5.10 Å². The van der Waals surface area contributed by atoms with Crippen LogP contribution >= 0.6 is 0 Å². The van der Waals surface area contributed by atoms with Crippen LogP contribution in [-0.2, 0) is 6.54 Å². The molecule has 3 heterocycles. The van der Waals surface area contributed by atoms with E-state index in [9.17, 15) is 9.90 Å². The minimum atomic E-state index is -0.982. The van der Waals surface area contributed by atoms with Gasteiger partial charge < -0.3 is 10.0 Å². The minimum Gasteiger partial charge on any atom is -0.477 e. The summed E-state index contributed by atoms with van der Waals surface area (Å²) in [7, 11) is 0. The van der Waals surface area contributed by atoms with Gasteiger partial charge in [0.1, 0.15) is 17.7 Å². The molecule has 1 aliphatic rings. The monoisotopic (exact) mass is 301 g/mol. The van der Waals surface area contributed by atoms with Crippen molar-refractivity contribution in [1.82, 2.24) is 19.7 Å². The number of aromatic nitrogens is 4. The first-order valence-corrected chi connectivity index (χ1v) is 7.41. The molecule has 3 rings (SSSR count). The molecule has 0 aromatic carbocycles. The first-order chi connectivity index (χ1) is 10.6. The Morgan fingerprint density at radius 1 is 1.36 bits per heavy atom. The van der Waals surface area contributed by atoms with Crippen LogP contribution in [0.3, 0.4) is 0 Å². The van der Waals surface area contributed by atoms with Crippen LogP contribution in [0.1, 0.15) is 28.8 Å². The van der Waals surface area contributed by atoms with Gasteiger partial charge in [0.2, 0.25) is 0 Å². The molecule has 0 saturated carbocycles. The topological polar surface area (TPSA) is 84.1 Å². The first-order valence-electron chi connectivity index (χ1n) is 7.41. The van der Waals surface area contributed by atoms with E-state index in [4.69, 9.17) is 0 Å². The zero-order valence-corrected chi connectivity index (χ0v) is 12.5.